The van der Waals surface area contributed by atoms with Crippen LogP contribution in [0.5, 0.6) is 0 Å². The molecule has 1 saturated heterocycles. The second kappa shape index (κ2) is 8.54. The molecule has 0 saturated carbocycles. The van der Waals surface area contributed by atoms with E-state index in [-0.39, 0.29) is 17.9 Å². The summed E-state index contributed by atoms with van der Waals surface area (Å²) in [5, 5.41) is 5.69. The number of carbonyl (C=O) groups is 2. The van der Waals surface area contributed by atoms with E-state index in [9.17, 15) is 9.59 Å². The Balaban J connectivity index is 1.79. The molecule has 1 fully saturated rings. The summed E-state index contributed by atoms with van der Waals surface area (Å²) in [7, 11) is 0. The number of benzene rings is 1. The molecule has 0 bridgehead atoms. The second-order valence-electron chi connectivity index (χ2n) is 5.57. The number of hydrogen-bond donors (Lipinski definition) is 2. The van der Waals surface area contributed by atoms with Crippen LogP contribution in [-0.4, -0.2) is 24.5 Å². The van der Waals surface area contributed by atoms with E-state index in [1.54, 1.807) is 24.3 Å². The number of amides is 2. The Morgan fingerprint density at radius 1 is 1.14 bits per heavy atom. The third-order valence-electron chi connectivity index (χ3n) is 3.67. The average Bonchev–Trinajstić information content (AvgIpc) is 3.04. The Bertz CT molecular complexity index is 493. The minimum atomic E-state index is -0.335. The third kappa shape index (κ3) is 5.15. The number of rotatable bonds is 7. The van der Waals surface area contributed by atoms with Gasteiger partial charge in [-0.15, -0.1) is 0 Å². The van der Waals surface area contributed by atoms with Crippen LogP contribution in [0.25, 0.3) is 0 Å². The molecule has 0 radical (unpaired) electrons. The van der Waals surface area contributed by atoms with Gasteiger partial charge in [0.25, 0.3) is 5.91 Å². The predicted octanol–water partition coefficient (Wildman–Crippen LogP) is 3.32. The summed E-state index contributed by atoms with van der Waals surface area (Å²) in [6, 6.07) is 7.16. The number of unbranched alkanes of at least 4 members (excludes halogenated alkanes) is 2. The molecular weight excluding hydrogens is 280 g/mol. The highest BCUT2D eigenvalue weighted by Crippen LogP contribution is 2.17. The monoisotopic (exact) mass is 304 g/mol. The molecule has 0 unspecified atom stereocenters. The van der Waals surface area contributed by atoms with Gasteiger partial charge in [-0.1, -0.05) is 19.8 Å². The number of carbonyl (C=O) groups excluding carboxylic acids is 2. The molecule has 1 aromatic rings. The molecule has 0 aliphatic carbocycles. The van der Waals surface area contributed by atoms with Crippen LogP contribution in [0, 0.1) is 0 Å². The van der Waals surface area contributed by atoms with Gasteiger partial charge in [-0.3, -0.25) is 9.59 Å². The van der Waals surface area contributed by atoms with Crippen molar-refractivity contribution in [3.05, 3.63) is 24.3 Å². The molecule has 1 aliphatic rings. The van der Waals surface area contributed by atoms with Crippen molar-refractivity contribution >= 4 is 23.2 Å². The topological polar surface area (TPSA) is 67.4 Å². The van der Waals surface area contributed by atoms with Gasteiger partial charge in [0.15, 0.2) is 0 Å². The van der Waals surface area contributed by atoms with Gasteiger partial charge < -0.3 is 15.4 Å². The van der Waals surface area contributed by atoms with Gasteiger partial charge in [-0.25, -0.2) is 0 Å². The van der Waals surface area contributed by atoms with Crippen molar-refractivity contribution in [1.29, 1.82) is 0 Å². The lowest BCUT2D eigenvalue weighted by Gasteiger charge is -2.11. The van der Waals surface area contributed by atoms with Gasteiger partial charge >= 0.3 is 0 Å². The predicted molar refractivity (Wildman–Crippen MR) is 86.8 cm³/mol. The molecule has 120 valence electrons. The molecular formula is C17H24N2O3. The maximum atomic E-state index is 11.9. The van der Waals surface area contributed by atoms with Crippen molar-refractivity contribution in [1.82, 2.24) is 0 Å². The fourth-order valence-electron chi connectivity index (χ4n) is 2.40. The van der Waals surface area contributed by atoms with Crippen molar-refractivity contribution in [2.75, 3.05) is 17.2 Å². The van der Waals surface area contributed by atoms with E-state index < -0.39 is 0 Å². The van der Waals surface area contributed by atoms with E-state index >= 15 is 0 Å². The first-order valence-electron chi connectivity index (χ1n) is 8.01. The van der Waals surface area contributed by atoms with E-state index in [1.807, 2.05) is 0 Å². The molecule has 2 amide bonds. The molecule has 1 atom stereocenters. The first-order chi connectivity index (χ1) is 10.7. The molecule has 1 heterocycles. The number of nitrogens with one attached hydrogen (secondary N) is 2. The fourth-order valence-corrected chi connectivity index (χ4v) is 2.40. The molecule has 0 spiro atoms. The molecule has 1 aromatic carbocycles. The zero-order valence-electron chi connectivity index (χ0n) is 13.1. The summed E-state index contributed by atoms with van der Waals surface area (Å²) < 4.78 is 5.34. The molecule has 5 nitrogen and oxygen atoms in total. The smallest absolute Gasteiger partial charge is 0.253 e. The second-order valence-corrected chi connectivity index (χ2v) is 5.57. The van der Waals surface area contributed by atoms with Crippen molar-refractivity contribution in [3.63, 3.8) is 0 Å². The first-order valence-corrected chi connectivity index (χ1v) is 8.01. The van der Waals surface area contributed by atoms with Crippen LogP contribution >= 0.6 is 0 Å². The summed E-state index contributed by atoms with van der Waals surface area (Å²) in [5.74, 6) is -0.0709. The number of ether oxygens (including phenoxy) is 1. The summed E-state index contributed by atoms with van der Waals surface area (Å²) in [5.41, 5.74) is 1.46. The standard InChI is InChI=1S/C17H24N2O3/c1-2-3-4-7-16(20)18-13-8-10-14(11-9-13)19-17(21)15-6-5-12-22-15/h8-11,15H,2-7,12H2,1H3,(H,18,20)(H,19,21)/t15-/m1/s1. The molecule has 22 heavy (non-hydrogen) atoms. The molecule has 2 rings (SSSR count). The minimum Gasteiger partial charge on any atom is -0.368 e. The molecule has 5 heteroatoms. The Kier molecular flexibility index (Phi) is 6.40. The van der Waals surface area contributed by atoms with E-state index in [1.165, 1.54) is 0 Å². The highest BCUT2D eigenvalue weighted by atomic mass is 16.5. The Hall–Kier alpha value is -1.88. The van der Waals surface area contributed by atoms with Crippen LogP contribution in [0.3, 0.4) is 0 Å². The highest BCUT2D eigenvalue weighted by Gasteiger charge is 2.23. The summed E-state index contributed by atoms with van der Waals surface area (Å²) in [6.07, 6.45) is 5.01. The van der Waals surface area contributed by atoms with Crippen LogP contribution < -0.4 is 10.6 Å². The Labute approximate surface area is 131 Å². The molecule has 0 aromatic heterocycles. The van der Waals surface area contributed by atoms with E-state index in [0.717, 1.165) is 37.8 Å². The van der Waals surface area contributed by atoms with Crippen molar-refractivity contribution in [2.24, 2.45) is 0 Å². The lowest BCUT2D eigenvalue weighted by molar-refractivity contribution is -0.124. The van der Waals surface area contributed by atoms with Gasteiger partial charge in [-0.05, 0) is 43.5 Å². The Morgan fingerprint density at radius 2 is 1.82 bits per heavy atom. The average molecular weight is 304 g/mol. The summed E-state index contributed by atoms with van der Waals surface area (Å²) >= 11 is 0. The zero-order chi connectivity index (χ0) is 15.8. The van der Waals surface area contributed by atoms with Crippen LogP contribution in [-0.2, 0) is 14.3 Å². The quantitative estimate of drug-likeness (QED) is 0.759. The van der Waals surface area contributed by atoms with Gasteiger partial charge in [0.05, 0.1) is 0 Å². The largest absolute Gasteiger partial charge is 0.368 e. The van der Waals surface area contributed by atoms with E-state index in [0.29, 0.717) is 18.7 Å². The SMILES string of the molecule is CCCCCC(=O)Nc1ccc(NC(=O)[C@H]2CCCO2)cc1. The zero-order valence-corrected chi connectivity index (χ0v) is 13.1. The van der Waals surface area contributed by atoms with Gasteiger partial charge in [0.1, 0.15) is 6.10 Å². The van der Waals surface area contributed by atoms with Crippen LogP contribution in [0.4, 0.5) is 11.4 Å². The lowest BCUT2D eigenvalue weighted by atomic mass is 10.2. The molecule has 2 N–H and O–H groups in total. The van der Waals surface area contributed by atoms with Crippen LogP contribution in [0.1, 0.15) is 45.4 Å². The lowest BCUT2D eigenvalue weighted by Crippen LogP contribution is -2.26. The van der Waals surface area contributed by atoms with Crippen LogP contribution in [0.15, 0.2) is 24.3 Å². The fraction of sp³-hybridized carbons (Fsp3) is 0.529. The van der Waals surface area contributed by atoms with E-state index in [4.69, 9.17) is 4.74 Å². The third-order valence-corrected chi connectivity index (χ3v) is 3.67. The Morgan fingerprint density at radius 3 is 2.41 bits per heavy atom. The minimum absolute atomic E-state index is 0.0320. The molecule has 1 aliphatic heterocycles. The van der Waals surface area contributed by atoms with Crippen molar-refractivity contribution < 1.29 is 14.3 Å². The first kappa shape index (κ1) is 16.5. The summed E-state index contributed by atoms with van der Waals surface area (Å²) in [6.45, 7) is 2.77. The van der Waals surface area contributed by atoms with Gasteiger partial charge in [0, 0.05) is 24.4 Å². The van der Waals surface area contributed by atoms with Gasteiger partial charge in [0.2, 0.25) is 5.91 Å². The number of anilines is 2. The maximum Gasteiger partial charge on any atom is 0.253 e. The summed E-state index contributed by atoms with van der Waals surface area (Å²) in [4.78, 5) is 23.6. The normalized spacial score (nSPS) is 17.2. The number of hydrogen-bond acceptors (Lipinski definition) is 3. The maximum absolute atomic E-state index is 11.9. The van der Waals surface area contributed by atoms with Crippen LogP contribution in [0.2, 0.25) is 0 Å². The van der Waals surface area contributed by atoms with Crippen molar-refractivity contribution in [3.8, 4) is 0 Å². The highest BCUT2D eigenvalue weighted by molar-refractivity contribution is 5.95. The van der Waals surface area contributed by atoms with E-state index in [2.05, 4.69) is 17.6 Å². The van der Waals surface area contributed by atoms with Gasteiger partial charge in [-0.2, -0.15) is 0 Å². The van der Waals surface area contributed by atoms with Crippen molar-refractivity contribution in [2.45, 2.75) is 51.6 Å².